The number of fused-ring (bicyclic) bond motifs is 2. The van der Waals surface area contributed by atoms with Gasteiger partial charge in [0.15, 0.2) is 4.80 Å². The van der Waals surface area contributed by atoms with Crippen molar-refractivity contribution in [1.29, 1.82) is 0 Å². The molecule has 0 fully saturated rings. The van der Waals surface area contributed by atoms with Gasteiger partial charge in [0, 0.05) is 38.6 Å². The number of hydrogen-bond acceptors (Lipinski definition) is 6. The van der Waals surface area contributed by atoms with E-state index in [4.69, 9.17) is 9.73 Å². The van der Waals surface area contributed by atoms with Crippen molar-refractivity contribution in [2.75, 3.05) is 12.9 Å². The number of nitrogens with zero attached hydrogens (tertiary/aromatic N) is 3. The topological polar surface area (TPSA) is 65.6 Å². The van der Waals surface area contributed by atoms with Crippen molar-refractivity contribution in [3.63, 3.8) is 0 Å². The van der Waals surface area contributed by atoms with Gasteiger partial charge in [0.05, 0.1) is 28.5 Å². The Kier molecular flexibility index (Phi) is 8.07. The van der Waals surface area contributed by atoms with Crippen LogP contribution in [0.2, 0.25) is 0 Å². The molecular formula is C33H28BrN3O3S2. The van der Waals surface area contributed by atoms with E-state index in [1.807, 2.05) is 67.8 Å². The lowest BCUT2D eigenvalue weighted by Gasteiger charge is -2.24. The van der Waals surface area contributed by atoms with Gasteiger partial charge in [-0.15, -0.1) is 11.8 Å². The number of carbonyl (C=O) groups is 1. The first-order chi connectivity index (χ1) is 20.4. The van der Waals surface area contributed by atoms with Gasteiger partial charge in [-0.25, -0.2) is 9.79 Å². The van der Waals surface area contributed by atoms with Gasteiger partial charge in [-0.3, -0.25) is 9.36 Å². The average Bonchev–Trinajstić information content (AvgIpc) is 3.50. The molecule has 3 heterocycles. The Labute approximate surface area is 259 Å². The molecule has 0 bridgehead atoms. The summed E-state index contributed by atoms with van der Waals surface area (Å²) in [5.41, 5.74) is 4.83. The van der Waals surface area contributed by atoms with E-state index in [0.717, 1.165) is 31.4 Å². The fraction of sp³-hybridized carbons (Fsp3) is 0.182. The van der Waals surface area contributed by atoms with Crippen LogP contribution in [0.25, 0.3) is 17.0 Å². The Morgan fingerprint density at radius 2 is 1.83 bits per heavy atom. The summed E-state index contributed by atoms with van der Waals surface area (Å²) >= 11 is 6.49. The van der Waals surface area contributed by atoms with Crippen molar-refractivity contribution < 1.29 is 9.53 Å². The summed E-state index contributed by atoms with van der Waals surface area (Å²) in [5.74, 6) is -0.456. The first-order valence-electron chi connectivity index (χ1n) is 13.5. The largest absolute Gasteiger partial charge is 0.463 e. The molecule has 0 unspecified atom stereocenters. The molecule has 3 aromatic carbocycles. The maximum Gasteiger partial charge on any atom is 0.338 e. The first kappa shape index (κ1) is 28.5. The average molecular weight is 659 g/mol. The zero-order chi connectivity index (χ0) is 29.4. The summed E-state index contributed by atoms with van der Waals surface area (Å²) in [6, 6.07) is 23.8. The van der Waals surface area contributed by atoms with Crippen molar-refractivity contribution in [2.45, 2.75) is 31.3 Å². The summed E-state index contributed by atoms with van der Waals surface area (Å²) in [5, 5.41) is 1.06. The SMILES string of the molecule is CCOC(=O)C1=C(C)N=c2s/c(=C/c3cn(Cc4ccc(Br)cc4)c4ccccc34)c(=O)n2[C@H]1c1ccc(SC)cc1. The molecule has 212 valence electrons. The molecule has 42 heavy (non-hydrogen) atoms. The second kappa shape index (κ2) is 11.9. The van der Waals surface area contributed by atoms with Crippen molar-refractivity contribution in [3.8, 4) is 0 Å². The molecule has 0 N–H and O–H groups in total. The molecule has 0 spiro atoms. The van der Waals surface area contributed by atoms with Crippen LogP contribution >= 0.6 is 39.0 Å². The molecule has 0 amide bonds. The van der Waals surface area contributed by atoms with Crippen LogP contribution in [0.15, 0.2) is 109 Å². The maximum absolute atomic E-state index is 14.1. The monoisotopic (exact) mass is 657 g/mol. The predicted molar refractivity (Wildman–Crippen MR) is 174 cm³/mol. The molecule has 0 aliphatic carbocycles. The number of thioether (sulfide) groups is 1. The van der Waals surface area contributed by atoms with Gasteiger partial charge in [-0.1, -0.05) is 69.7 Å². The Bertz CT molecular complexity index is 2020. The van der Waals surface area contributed by atoms with E-state index in [9.17, 15) is 9.59 Å². The molecule has 1 aliphatic heterocycles. The fourth-order valence-corrected chi connectivity index (χ4v) is 7.05. The van der Waals surface area contributed by atoms with Gasteiger partial charge < -0.3 is 9.30 Å². The van der Waals surface area contributed by atoms with Crippen molar-refractivity contribution in [2.24, 2.45) is 4.99 Å². The third-order valence-corrected chi connectivity index (χ3v) is 9.58. The van der Waals surface area contributed by atoms with Crippen molar-refractivity contribution in [1.82, 2.24) is 9.13 Å². The molecular weight excluding hydrogens is 630 g/mol. The van der Waals surface area contributed by atoms with Crippen LogP contribution < -0.4 is 14.9 Å². The highest BCUT2D eigenvalue weighted by Gasteiger charge is 2.33. The Balaban J connectivity index is 1.50. The van der Waals surface area contributed by atoms with Crippen LogP contribution in [-0.2, 0) is 16.1 Å². The summed E-state index contributed by atoms with van der Waals surface area (Å²) in [6.07, 6.45) is 6.06. The number of thiazole rings is 1. The third kappa shape index (κ3) is 5.32. The maximum atomic E-state index is 14.1. The molecule has 0 saturated carbocycles. The lowest BCUT2D eigenvalue weighted by atomic mass is 9.96. The standard InChI is InChI=1S/C33H28BrN3O3S2/c1-4-40-32(39)29-20(2)35-33-37(30(29)22-11-15-25(41-3)16-12-22)31(38)28(42-33)17-23-19-36(27-8-6-5-7-26(23)27)18-21-9-13-24(34)14-10-21/h5-17,19,30H,4,18H2,1-3H3/b28-17+/t30-/m0/s1. The number of carbonyl (C=O) groups excluding carboxylic acids is 1. The quantitative estimate of drug-likeness (QED) is 0.153. The van der Waals surface area contributed by atoms with Gasteiger partial charge in [0.1, 0.15) is 0 Å². The summed E-state index contributed by atoms with van der Waals surface area (Å²) < 4.78 is 10.9. The second-order valence-corrected chi connectivity index (χ2v) is 12.7. The van der Waals surface area contributed by atoms with Gasteiger partial charge in [0.2, 0.25) is 0 Å². The van der Waals surface area contributed by atoms with Gasteiger partial charge in [0.25, 0.3) is 5.56 Å². The summed E-state index contributed by atoms with van der Waals surface area (Å²) in [6.45, 7) is 4.53. The highest BCUT2D eigenvalue weighted by Crippen LogP contribution is 2.32. The number of halogens is 1. The van der Waals surface area contributed by atoms with E-state index >= 15 is 0 Å². The second-order valence-electron chi connectivity index (χ2n) is 9.93. The van der Waals surface area contributed by atoms with Crippen molar-refractivity contribution in [3.05, 3.63) is 131 Å². The zero-order valence-electron chi connectivity index (χ0n) is 23.3. The van der Waals surface area contributed by atoms with Gasteiger partial charge >= 0.3 is 5.97 Å². The highest BCUT2D eigenvalue weighted by atomic mass is 79.9. The minimum Gasteiger partial charge on any atom is -0.463 e. The Morgan fingerprint density at radius 3 is 2.55 bits per heavy atom. The third-order valence-electron chi connectivity index (χ3n) is 7.32. The number of benzene rings is 3. The summed E-state index contributed by atoms with van der Waals surface area (Å²) in [4.78, 5) is 33.7. The molecule has 6 nitrogen and oxygen atoms in total. The number of para-hydroxylation sites is 1. The lowest BCUT2D eigenvalue weighted by Crippen LogP contribution is -2.39. The Hall–Kier alpha value is -3.66. The van der Waals surface area contributed by atoms with Crippen molar-refractivity contribution >= 4 is 62.0 Å². The minimum absolute atomic E-state index is 0.184. The van der Waals surface area contributed by atoms with E-state index < -0.39 is 12.0 Å². The number of allylic oxidation sites excluding steroid dienone is 1. The van der Waals surface area contributed by atoms with Crippen LogP contribution in [0.4, 0.5) is 0 Å². The smallest absolute Gasteiger partial charge is 0.338 e. The van der Waals surface area contributed by atoms with Crippen LogP contribution in [0.1, 0.15) is 36.6 Å². The summed E-state index contributed by atoms with van der Waals surface area (Å²) in [7, 11) is 0. The molecule has 0 radical (unpaired) electrons. The molecule has 1 aliphatic rings. The van der Waals surface area contributed by atoms with E-state index in [1.54, 1.807) is 23.3 Å². The Morgan fingerprint density at radius 1 is 1.10 bits per heavy atom. The van der Waals surface area contributed by atoms with Gasteiger partial charge in [-0.05, 0) is 67.6 Å². The normalized spacial score (nSPS) is 15.1. The van der Waals surface area contributed by atoms with E-state index in [1.165, 1.54) is 16.9 Å². The molecule has 1 atom stereocenters. The van der Waals surface area contributed by atoms with E-state index in [0.29, 0.717) is 27.1 Å². The first-order valence-corrected chi connectivity index (χ1v) is 16.4. The fourth-order valence-electron chi connectivity index (χ4n) is 5.34. The predicted octanol–water partition coefficient (Wildman–Crippen LogP) is 6.29. The minimum atomic E-state index is -0.628. The lowest BCUT2D eigenvalue weighted by molar-refractivity contribution is -0.139. The molecule has 6 rings (SSSR count). The van der Waals surface area contributed by atoms with Crippen LogP contribution in [0.3, 0.4) is 0 Å². The number of ether oxygens (including phenoxy) is 1. The molecule has 5 aromatic rings. The number of rotatable bonds is 7. The number of esters is 1. The molecule has 0 saturated heterocycles. The van der Waals surface area contributed by atoms with E-state index in [2.05, 4.69) is 51.0 Å². The number of hydrogen-bond donors (Lipinski definition) is 0. The van der Waals surface area contributed by atoms with Crippen LogP contribution in [0, 0.1) is 0 Å². The van der Waals surface area contributed by atoms with E-state index in [-0.39, 0.29) is 12.2 Å². The van der Waals surface area contributed by atoms with Crippen LogP contribution in [0.5, 0.6) is 0 Å². The molecule has 9 heteroatoms. The van der Waals surface area contributed by atoms with Gasteiger partial charge in [-0.2, -0.15) is 0 Å². The zero-order valence-corrected chi connectivity index (χ0v) is 26.6. The highest BCUT2D eigenvalue weighted by molar-refractivity contribution is 9.10. The van der Waals surface area contributed by atoms with Crippen LogP contribution in [-0.4, -0.2) is 28.0 Å². The number of aromatic nitrogens is 2. The molecule has 2 aromatic heterocycles.